The van der Waals surface area contributed by atoms with Gasteiger partial charge in [0.2, 0.25) is 0 Å². The summed E-state index contributed by atoms with van der Waals surface area (Å²) in [7, 11) is 0. The molecule has 0 saturated carbocycles. The SMILES string of the molecule is CCn1c(=O)[nH]c2cc(C(=O)N3CCC(N)CC3)ccc2c1=O.Cl. The summed E-state index contributed by atoms with van der Waals surface area (Å²) in [6, 6.07) is 4.97. The number of halogens is 1. The summed E-state index contributed by atoms with van der Waals surface area (Å²) < 4.78 is 1.13. The molecule has 3 N–H and O–H groups in total. The molecule has 2 heterocycles. The Kier molecular flexibility index (Phi) is 5.46. The van der Waals surface area contributed by atoms with Crippen molar-refractivity contribution in [3.05, 3.63) is 44.6 Å². The van der Waals surface area contributed by atoms with E-state index in [0.717, 1.165) is 17.4 Å². The number of nitrogens with two attached hydrogens (primary N) is 1. The summed E-state index contributed by atoms with van der Waals surface area (Å²) in [6.07, 6.45) is 1.58. The average molecular weight is 353 g/mol. The molecular weight excluding hydrogens is 332 g/mol. The number of amides is 1. The van der Waals surface area contributed by atoms with Gasteiger partial charge in [-0.05, 0) is 38.0 Å². The maximum Gasteiger partial charge on any atom is 0.328 e. The predicted octanol–water partition coefficient (Wildman–Crippen LogP) is 0.695. The van der Waals surface area contributed by atoms with Crippen molar-refractivity contribution >= 4 is 29.2 Å². The summed E-state index contributed by atoms with van der Waals surface area (Å²) in [6.45, 7) is 3.30. The number of H-pyrrole nitrogens is 1. The van der Waals surface area contributed by atoms with Crippen molar-refractivity contribution in [1.82, 2.24) is 14.5 Å². The third-order valence-corrected chi connectivity index (χ3v) is 4.37. The minimum absolute atomic E-state index is 0. The Morgan fingerprint density at radius 3 is 2.58 bits per heavy atom. The number of nitrogens with one attached hydrogen (secondary N) is 1. The van der Waals surface area contributed by atoms with Gasteiger partial charge in [-0.25, -0.2) is 4.79 Å². The highest BCUT2D eigenvalue weighted by molar-refractivity contribution is 5.97. The summed E-state index contributed by atoms with van der Waals surface area (Å²) in [4.78, 5) is 41.1. The largest absolute Gasteiger partial charge is 0.339 e. The maximum atomic E-state index is 12.6. The second-order valence-corrected chi connectivity index (χ2v) is 5.87. The van der Waals surface area contributed by atoms with Crippen molar-refractivity contribution in [1.29, 1.82) is 0 Å². The van der Waals surface area contributed by atoms with Crippen molar-refractivity contribution in [2.24, 2.45) is 5.73 Å². The van der Waals surface area contributed by atoms with Gasteiger partial charge in [-0.3, -0.25) is 14.2 Å². The molecule has 0 aliphatic carbocycles. The minimum Gasteiger partial charge on any atom is -0.339 e. The van der Waals surface area contributed by atoms with Crippen LogP contribution >= 0.6 is 12.4 Å². The highest BCUT2D eigenvalue weighted by Crippen LogP contribution is 2.15. The zero-order valence-corrected chi connectivity index (χ0v) is 14.3. The van der Waals surface area contributed by atoms with E-state index in [4.69, 9.17) is 5.73 Å². The molecule has 0 bridgehead atoms. The first-order valence-electron chi connectivity index (χ1n) is 7.83. The second kappa shape index (κ2) is 7.19. The van der Waals surface area contributed by atoms with Gasteiger partial charge in [-0.1, -0.05) is 0 Å². The number of carbonyl (C=O) groups is 1. The molecule has 8 heteroatoms. The van der Waals surface area contributed by atoms with Crippen LogP contribution in [-0.4, -0.2) is 39.5 Å². The molecule has 0 atom stereocenters. The lowest BCUT2D eigenvalue weighted by atomic mass is 10.0. The number of carbonyl (C=O) groups excluding carboxylic acids is 1. The second-order valence-electron chi connectivity index (χ2n) is 5.87. The molecule has 1 saturated heterocycles. The number of hydrogen-bond donors (Lipinski definition) is 2. The smallest absolute Gasteiger partial charge is 0.328 e. The number of nitrogens with zero attached hydrogens (tertiary/aromatic N) is 2. The molecule has 0 spiro atoms. The number of fused-ring (bicyclic) bond motifs is 1. The van der Waals surface area contributed by atoms with Crippen LogP contribution in [0.15, 0.2) is 27.8 Å². The van der Waals surface area contributed by atoms with Crippen LogP contribution in [0, 0.1) is 0 Å². The van der Waals surface area contributed by atoms with Gasteiger partial charge >= 0.3 is 5.69 Å². The molecule has 2 aromatic rings. The third kappa shape index (κ3) is 3.22. The van der Waals surface area contributed by atoms with E-state index in [-0.39, 0.29) is 29.9 Å². The van der Waals surface area contributed by atoms with Crippen molar-refractivity contribution in [2.45, 2.75) is 32.4 Å². The van der Waals surface area contributed by atoms with Crippen molar-refractivity contribution in [2.75, 3.05) is 13.1 Å². The number of hydrogen-bond acceptors (Lipinski definition) is 4. The number of piperidine rings is 1. The molecular formula is C16H21ClN4O3. The van der Waals surface area contributed by atoms with Crippen LogP contribution in [0.1, 0.15) is 30.1 Å². The molecule has 1 aromatic carbocycles. The van der Waals surface area contributed by atoms with Gasteiger partial charge in [0, 0.05) is 31.2 Å². The molecule has 1 aromatic heterocycles. The molecule has 130 valence electrons. The van der Waals surface area contributed by atoms with Crippen LogP contribution in [-0.2, 0) is 6.54 Å². The van der Waals surface area contributed by atoms with Crippen LogP contribution in [0.25, 0.3) is 10.9 Å². The van der Waals surface area contributed by atoms with E-state index in [1.54, 1.807) is 30.0 Å². The average Bonchev–Trinajstić information content (AvgIpc) is 2.54. The Balaban J connectivity index is 0.00000208. The van der Waals surface area contributed by atoms with E-state index in [1.807, 2.05) is 0 Å². The van der Waals surface area contributed by atoms with Crippen molar-refractivity contribution in [3.8, 4) is 0 Å². The van der Waals surface area contributed by atoms with Crippen LogP contribution in [0.5, 0.6) is 0 Å². The topological polar surface area (TPSA) is 101 Å². The highest BCUT2D eigenvalue weighted by atomic mass is 35.5. The number of aromatic nitrogens is 2. The zero-order valence-electron chi connectivity index (χ0n) is 13.4. The molecule has 1 aliphatic heterocycles. The Morgan fingerprint density at radius 2 is 1.96 bits per heavy atom. The quantitative estimate of drug-likeness (QED) is 0.830. The zero-order chi connectivity index (χ0) is 16.6. The van der Waals surface area contributed by atoms with Gasteiger partial charge in [0.1, 0.15) is 0 Å². The summed E-state index contributed by atoms with van der Waals surface area (Å²) in [5.74, 6) is -0.0979. The highest BCUT2D eigenvalue weighted by Gasteiger charge is 2.22. The Bertz CT molecular complexity index is 866. The number of rotatable bonds is 2. The van der Waals surface area contributed by atoms with Gasteiger partial charge in [0.05, 0.1) is 10.9 Å². The fourth-order valence-electron chi connectivity index (χ4n) is 2.96. The van der Waals surface area contributed by atoms with Crippen LogP contribution < -0.4 is 17.0 Å². The molecule has 1 fully saturated rings. The van der Waals surface area contributed by atoms with Gasteiger partial charge in [0.25, 0.3) is 11.5 Å². The van der Waals surface area contributed by atoms with Crippen LogP contribution in [0.2, 0.25) is 0 Å². The maximum absolute atomic E-state index is 12.6. The first kappa shape index (κ1) is 18.2. The van der Waals surface area contributed by atoms with E-state index in [2.05, 4.69) is 4.98 Å². The normalized spacial score (nSPS) is 15.3. The lowest BCUT2D eigenvalue weighted by Crippen LogP contribution is -2.42. The summed E-state index contributed by atoms with van der Waals surface area (Å²) in [5.41, 5.74) is 5.92. The molecule has 0 unspecified atom stereocenters. The van der Waals surface area contributed by atoms with Gasteiger partial charge in [0.15, 0.2) is 0 Å². The standard InChI is InChI=1S/C16H20N4O3.ClH/c1-2-20-15(22)12-4-3-10(9-13(12)18-16(20)23)14(21)19-7-5-11(17)6-8-19;/h3-4,9,11H,2,5-8,17H2,1H3,(H,18,23);1H. The monoisotopic (exact) mass is 352 g/mol. The fraction of sp³-hybridized carbons (Fsp3) is 0.438. The molecule has 1 amide bonds. The van der Waals surface area contributed by atoms with E-state index in [9.17, 15) is 14.4 Å². The summed E-state index contributed by atoms with van der Waals surface area (Å²) >= 11 is 0. The Morgan fingerprint density at radius 1 is 1.29 bits per heavy atom. The molecule has 1 aliphatic rings. The van der Waals surface area contributed by atoms with Gasteiger partial charge < -0.3 is 15.6 Å². The first-order chi connectivity index (χ1) is 11.0. The minimum atomic E-state index is -0.460. The number of aromatic amines is 1. The molecule has 3 rings (SSSR count). The summed E-state index contributed by atoms with van der Waals surface area (Å²) in [5, 5.41) is 0.406. The number of likely N-dealkylation sites (tertiary alicyclic amines) is 1. The molecule has 0 radical (unpaired) electrons. The fourth-order valence-corrected chi connectivity index (χ4v) is 2.96. The molecule has 24 heavy (non-hydrogen) atoms. The van der Waals surface area contributed by atoms with Crippen molar-refractivity contribution < 1.29 is 4.79 Å². The van der Waals surface area contributed by atoms with Gasteiger partial charge in [-0.2, -0.15) is 0 Å². The van der Waals surface area contributed by atoms with Gasteiger partial charge in [-0.15, -0.1) is 12.4 Å². The first-order valence-corrected chi connectivity index (χ1v) is 7.83. The predicted molar refractivity (Wildman–Crippen MR) is 94.9 cm³/mol. The lowest BCUT2D eigenvalue weighted by Gasteiger charge is -2.30. The number of benzene rings is 1. The molecule has 7 nitrogen and oxygen atoms in total. The lowest BCUT2D eigenvalue weighted by molar-refractivity contribution is 0.0715. The van der Waals surface area contributed by atoms with E-state index >= 15 is 0 Å². The van der Waals surface area contributed by atoms with E-state index in [0.29, 0.717) is 36.1 Å². The third-order valence-electron chi connectivity index (χ3n) is 4.37. The van der Waals surface area contributed by atoms with Crippen LogP contribution in [0.3, 0.4) is 0 Å². The van der Waals surface area contributed by atoms with E-state index in [1.165, 1.54) is 0 Å². The van der Waals surface area contributed by atoms with Crippen molar-refractivity contribution in [3.63, 3.8) is 0 Å². The van der Waals surface area contributed by atoms with E-state index < -0.39 is 5.69 Å². The Hall–Kier alpha value is -2.12. The Labute approximate surface area is 144 Å². The van der Waals surface area contributed by atoms with Crippen LogP contribution in [0.4, 0.5) is 0 Å².